The van der Waals surface area contributed by atoms with Gasteiger partial charge in [0.1, 0.15) is 0 Å². The van der Waals surface area contributed by atoms with Gasteiger partial charge in [-0.15, -0.1) is 11.3 Å². The quantitative estimate of drug-likeness (QED) is 0.901. The van der Waals surface area contributed by atoms with Gasteiger partial charge < -0.3 is 10.5 Å². The first-order valence-corrected chi connectivity index (χ1v) is 6.76. The van der Waals surface area contributed by atoms with Gasteiger partial charge in [0.25, 0.3) is 0 Å². The van der Waals surface area contributed by atoms with Crippen molar-refractivity contribution < 1.29 is 4.74 Å². The molecule has 4 heteroatoms. The SMILES string of the molecule is COCC(C)(N)Cc1nc(-c2ccccc2)cs1. The number of rotatable bonds is 5. The molecular weight excluding hydrogens is 244 g/mol. The van der Waals surface area contributed by atoms with E-state index in [-0.39, 0.29) is 5.54 Å². The van der Waals surface area contributed by atoms with Gasteiger partial charge in [-0.05, 0) is 6.92 Å². The monoisotopic (exact) mass is 262 g/mol. The summed E-state index contributed by atoms with van der Waals surface area (Å²) in [6.45, 7) is 2.52. The Labute approximate surface area is 112 Å². The molecule has 0 amide bonds. The van der Waals surface area contributed by atoms with Crippen molar-refractivity contribution in [3.63, 3.8) is 0 Å². The standard InChI is InChI=1S/C14H18N2OS/c1-14(15,10-17-2)8-13-16-12(9-18-13)11-6-4-3-5-7-11/h3-7,9H,8,10,15H2,1-2H3. The van der Waals surface area contributed by atoms with Crippen molar-refractivity contribution in [2.24, 2.45) is 5.73 Å². The molecule has 2 aromatic rings. The van der Waals surface area contributed by atoms with Gasteiger partial charge in [-0.3, -0.25) is 0 Å². The van der Waals surface area contributed by atoms with Crippen molar-refractivity contribution in [3.8, 4) is 11.3 Å². The number of methoxy groups -OCH3 is 1. The second kappa shape index (κ2) is 5.61. The molecule has 0 spiro atoms. The van der Waals surface area contributed by atoms with Crippen LogP contribution in [-0.4, -0.2) is 24.2 Å². The van der Waals surface area contributed by atoms with Gasteiger partial charge in [0.05, 0.1) is 17.3 Å². The summed E-state index contributed by atoms with van der Waals surface area (Å²) < 4.78 is 5.12. The Balaban J connectivity index is 2.12. The number of hydrogen-bond acceptors (Lipinski definition) is 4. The summed E-state index contributed by atoms with van der Waals surface area (Å²) in [5.41, 5.74) is 7.95. The molecule has 0 fully saturated rings. The van der Waals surface area contributed by atoms with Crippen LogP contribution < -0.4 is 5.73 Å². The topological polar surface area (TPSA) is 48.1 Å². The van der Waals surface area contributed by atoms with Gasteiger partial charge in [-0.2, -0.15) is 0 Å². The third kappa shape index (κ3) is 3.38. The van der Waals surface area contributed by atoms with Crippen molar-refractivity contribution in [3.05, 3.63) is 40.7 Å². The maximum absolute atomic E-state index is 6.15. The fraction of sp³-hybridized carbons (Fsp3) is 0.357. The zero-order valence-electron chi connectivity index (χ0n) is 10.7. The lowest BCUT2D eigenvalue weighted by atomic mass is 10.0. The normalized spacial score (nSPS) is 14.4. The zero-order valence-corrected chi connectivity index (χ0v) is 11.5. The molecule has 0 saturated carbocycles. The lowest BCUT2D eigenvalue weighted by Crippen LogP contribution is -2.43. The molecule has 0 aliphatic heterocycles. The lowest BCUT2D eigenvalue weighted by Gasteiger charge is -2.21. The summed E-state index contributed by atoms with van der Waals surface area (Å²) >= 11 is 1.65. The first-order valence-electron chi connectivity index (χ1n) is 5.88. The van der Waals surface area contributed by atoms with E-state index in [4.69, 9.17) is 10.5 Å². The van der Waals surface area contributed by atoms with Crippen molar-refractivity contribution in [2.75, 3.05) is 13.7 Å². The highest BCUT2D eigenvalue weighted by atomic mass is 32.1. The Kier molecular flexibility index (Phi) is 4.11. The molecule has 1 aromatic carbocycles. The van der Waals surface area contributed by atoms with Gasteiger partial charge >= 0.3 is 0 Å². The van der Waals surface area contributed by atoms with E-state index in [2.05, 4.69) is 22.5 Å². The summed E-state index contributed by atoms with van der Waals surface area (Å²) in [6, 6.07) is 10.2. The number of ether oxygens (including phenoxy) is 1. The van der Waals surface area contributed by atoms with E-state index in [1.165, 1.54) is 0 Å². The van der Waals surface area contributed by atoms with E-state index < -0.39 is 0 Å². The number of nitrogens with zero attached hydrogens (tertiary/aromatic N) is 1. The van der Waals surface area contributed by atoms with Crippen LogP contribution in [0.15, 0.2) is 35.7 Å². The van der Waals surface area contributed by atoms with Crippen LogP contribution in [0.4, 0.5) is 0 Å². The first kappa shape index (κ1) is 13.2. The van der Waals surface area contributed by atoms with E-state index in [1.807, 2.05) is 25.1 Å². The molecule has 3 nitrogen and oxygen atoms in total. The molecular formula is C14H18N2OS. The van der Waals surface area contributed by atoms with E-state index in [9.17, 15) is 0 Å². The molecule has 1 unspecified atom stereocenters. The third-order valence-electron chi connectivity index (χ3n) is 2.65. The summed E-state index contributed by atoms with van der Waals surface area (Å²) in [7, 11) is 1.67. The molecule has 2 N–H and O–H groups in total. The average molecular weight is 262 g/mol. The molecule has 18 heavy (non-hydrogen) atoms. The molecule has 1 atom stereocenters. The number of thiazole rings is 1. The van der Waals surface area contributed by atoms with Gasteiger partial charge in [0.15, 0.2) is 0 Å². The fourth-order valence-electron chi connectivity index (χ4n) is 1.86. The summed E-state index contributed by atoms with van der Waals surface area (Å²) in [5, 5.41) is 3.13. The van der Waals surface area contributed by atoms with E-state index in [0.29, 0.717) is 6.61 Å². The minimum atomic E-state index is -0.361. The van der Waals surface area contributed by atoms with E-state index in [0.717, 1.165) is 22.7 Å². The van der Waals surface area contributed by atoms with Crippen molar-refractivity contribution in [2.45, 2.75) is 18.9 Å². The predicted molar refractivity (Wildman–Crippen MR) is 75.7 cm³/mol. The fourth-order valence-corrected chi connectivity index (χ4v) is 2.86. The van der Waals surface area contributed by atoms with Gasteiger partial charge in [0, 0.05) is 30.0 Å². The second-order valence-electron chi connectivity index (χ2n) is 4.76. The lowest BCUT2D eigenvalue weighted by molar-refractivity contribution is 0.141. The number of aromatic nitrogens is 1. The van der Waals surface area contributed by atoms with Gasteiger partial charge in [0.2, 0.25) is 0 Å². The first-order chi connectivity index (χ1) is 8.61. The molecule has 0 aliphatic rings. The van der Waals surface area contributed by atoms with Crippen LogP contribution in [-0.2, 0) is 11.2 Å². The Morgan fingerprint density at radius 1 is 1.33 bits per heavy atom. The molecule has 0 bridgehead atoms. The Hall–Kier alpha value is -1.23. The van der Waals surface area contributed by atoms with Crippen LogP contribution in [0.1, 0.15) is 11.9 Å². The number of benzene rings is 1. The van der Waals surface area contributed by atoms with E-state index >= 15 is 0 Å². The van der Waals surface area contributed by atoms with Crippen LogP contribution in [0.2, 0.25) is 0 Å². The molecule has 2 rings (SSSR count). The maximum Gasteiger partial charge on any atom is 0.0951 e. The predicted octanol–water partition coefficient (Wildman–Crippen LogP) is 2.72. The molecule has 1 aromatic heterocycles. The third-order valence-corrected chi connectivity index (χ3v) is 3.50. The van der Waals surface area contributed by atoms with Crippen molar-refractivity contribution in [1.29, 1.82) is 0 Å². The highest BCUT2D eigenvalue weighted by Crippen LogP contribution is 2.23. The number of nitrogens with two attached hydrogens (primary N) is 1. The van der Waals surface area contributed by atoms with Gasteiger partial charge in [-0.25, -0.2) is 4.98 Å². The van der Waals surface area contributed by atoms with Crippen molar-refractivity contribution in [1.82, 2.24) is 4.98 Å². The Bertz CT molecular complexity index is 494. The van der Waals surface area contributed by atoms with Crippen LogP contribution in [0.5, 0.6) is 0 Å². The maximum atomic E-state index is 6.15. The average Bonchev–Trinajstić information content (AvgIpc) is 2.77. The molecule has 0 aliphatic carbocycles. The highest BCUT2D eigenvalue weighted by Gasteiger charge is 2.20. The Morgan fingerprint density at radius 2 is 2.06 bits per heavy atom. The summed E-state index contributed by atoms with van der Waals surface area (Å²) in [5.74, 6) is 0. The van der Waals surface area contributed by atoms with Crippen LogP contribution in [0, 0.1) is 0 Å². The largest absolute Gasteiger partial charge is 0.383 e. The summed E-state index contributed by atoms with van der Waals surface area (Å²) in [6.07, 6.45) is 0.734. The molecule has 1 heterocycles. The van der Waals surface area contributed by atoms with Crippen LogP contribution in [0.25, 0.3) is 11.3 Å². The minimum Gasteiger partial charge on any atom is -0.383 e. The highest BCUT2D eigenvalue weighted by molar-refractivity contribution is 7.09. The zero-order chi connectivity index (χ0) is 13.0. The minimum absolute atomic E-state index is 0.361. The van der Waals surface area contributed by atoms with Crippen molar-refractivity contribution >= 4 is 11.3 Å². The molecule has 0 saturated heterocycles. The molecule has 0 radical (unpaired) electrons. The smallest absolute Gasteiger partial charge is 0.0951 e. The van der Waals surface area contributed by atoms with Crippen LogP contribution in [0.3, 0.4) is 0 Å². The molecule has 96 valence electrons. The van der Waals surface area contributed by atoms with Gasteiger partial charge in [-0.1, -0.05) is 30.3 Å². The second-order valence-corrected chi connectivity index (χ2v) is 5.70. The van der Waals surface area contributed by atoms with E-state index in [1.54, 1.807) is 18.4 Å². The Morgan fingerprint density at radius 3 is 2.72 bits per heavy atom. The van der Waals surface area contributed by atoms with Crippen LogP contribution >= 0.6 is 11.3 Å². The number of hydrogen-bond donors (Lipinski definition) is 1. The summed E-state index contributed by atoms with van der Waals surface area (Å²) in [4.78, 5) is 4.63.